The molecule has 0 radical (unpaired) electrons. The van der Waals surface area contributed by atoms with E-state index in [0.717, 1.165) is 5.56 Å². The Kier molecular flexibility index (Phi) is 5.45. The topological polar surface area (TPSA) is 52.4 Å². The number of alkyl halides is 1. The quantitative estimate of drug-likeness (QED) is 0.391. The largest absolute Gasteiger partial charge is 0.482 e. The molecule has 0 unspecified atom stereocenters. The van der Waals surface area contributed by atoms with Crippen molar-refractivity contribution in [2.45, 2.75) is 11.9 Å². The Hall–Kier alpha value is -1.30. The predicted molar refractivity (Wildman–Crippen MR) is 86.5 cm³/mol. The molecule has 0 spiro atoms. The molecular weight excluding hydrogens is 381 g/mol. The highest BCUT2D eigenvalue weighted by Crippen LogP contribution is 2.31. The summed E-state index contributed by atoms with van der Waals surface area (Å²) in [4.78, 5) is 10.5. The van der Waals surface area contributed by atoms with Gasteiger partial charge in [-0.15, -0.1) is 0 Å². The maximum Gasteiger partial charge on any atom is 0.310 e. The van der Waals surface area contributed by atoms with Gasteiger partial charge in [-0.1, -0.05) is 57.3 Å². The summed E-state index contributed by atoms with van der Waals surface area (Å²) in [6.45, 7) is 0.103. The predicted octanol–water partition coefficient (Wildman–Crippen LogP) is 5.38. The van der Waals surface area contributed by atoms with Crippen molar-refractivity contribution >= 4 is 44.8 Å². The van der Waals surface area contributed by atoms with E-state index in [1.54, 1.807) is 30.3 Å². The fourth-order valence-electron chi connectivity index (χ4n) is 1.72. The van der Waals surface area contributed by atoms with Crippen LogP contribution in [0.15, 0.2) is 36.4 Å². The first-order chi connectivity index (χ1) is 10.0. The summed E-state index contributed by atoms with van der Waals surface area (Å²) in [6.07, 6.45) is 0. The molecule has 110 valence electrons. The molecule has 0 fully saturated rings. The summed E-state index contributed by atoms with van der Waals surface area (Å²) in [7, 11) is 0. The molecule has 0 bridgehead atoms. The molecule has 2 rings (SSSR count). The lowest BCUT2D eigenvalue weighted by Crippen LogP contribution is -2.00. The molecule has 2 aromatic carbocycles. The summed E-state index contributed by atoms with van der Waals surface area (Å²) < 4.78 is 5.56. The Labute approximate surface area is 139 Å². The van der Waals surface area contributed by atoms with Crippen LogP contribution in [0.1, 0.15) is 11.1 Å². The Bertz CT molecular complexity index is 679. The van der Waals surface area contributed by atoms with Gasteiger partial charge in [0.25, 0.3) is 0 Å². The maximum atomic E-state index is 11.0. The molecule has 0 aliphatic carbocycles. The van der Waals surface area contributed by atoms with Crippen LogP contribution >= 0.6 is 39.1 Å². The molecule has 0 heterocycles. The van der Waals surface area contributed by atoms with E-state index in [0.29, 0.717) is 20.9 Å². The third kappa shape index (κ3) is 3.87. The average molecular weight is 391 g/mol. The van der Waals surface area contributed by atoms with Crippen LogP contribution in [0.25, 0.3) is 0 Å². The molecule has 0 N–H and O–H groups in total. The lowest BCUT2D eigenvalue weighted by atomic mass is 10.2. The van der Waals surface area contributed by atoms with Gasteiger partial charge in [-0.05, 0) is 17.7 Å². The average Bonchev–Trinajstić information content (AvgIpc) is 2.48. The number of ether oxygens (including phenoxy) is 1. The van der Waals surface area contributed by atoms with Crippen molar-refractivity contribution in [1.82, 2.24) is 0 Å². The second kappa shape index (κ2) is 7.11. The number of benzene rings is 2. The molecule has 0 amide bonds. The van der Waals surface area contributed by atoms with Crippen molar-refractivity contribution in [2.75, 3.05) is 0 Å². The van der Waals surface area contributed by atoms with Crippen molar-refractivity contribution in [1.29, 1.82) is 0 Å². The normalized spacial score (nSPS) is 10.4. The van der Waals surface area contributed by atoms with Crippen LogP contribution in [-0.4, -0.2) is 4.92 Å². The van der Waals surface area contributed by atoms with Gasteiger partial charge in [-0.25, -0.2) is 0 Å². The van der Waals surface area contributed by atoms with E-state index in [1.165, 1.54) is 6.07 Å². The molecule has 4 nitrogen and oxygen atoms in total. The van der Waals surface area contributed by atoms with E-state index in [-0.39, 0.29) is 18.0 Å². The van der Waals surface area contributed by atoms with E-state index < -0.39 is 4.92 Å². The third-order valence-corrected chi connectivity index (χ3v) is 4.30. The van der Waals surface area contributed by atoms with Crippen molar-refractivity contribution in [3.05, 3.63) is 67.7 Å². The highest BCUT2D eigenvalue weighted by molar-refractivity contribution is 9.08. The highest BCUT2D eigenvalue weighted by atomic mass is 79.9. The second-order valence-corrected chi connectivity index (χ2v) is 5.54. The van der Waals surface area contributed by atoms with E-state index in [2.05, 4.69) is 15.9 Å². The van der Waals surface area contributed by atoms with Crippen molar-refractivity contribution < 1.29 is 9.66 Å². The third-order valence-electron chi connectivity index (χ3n) is 2.79. The van der Waals surface area contributed by atoms with Crippen LogP contribution in [0.3, 0.4) is 0 Å². The van der Waals surface area contributed by atoms with Gasteiger partial charge in [0.05, 0.1) is 15.0 Å². The fourth-order valence-corrected chi connectivity index (χ4v) is 2.45. The number of rotatable bonds is 5. The summed E-state index contributed by atoms with van der Waals surface area (Å²) in [6, 6.07) is 9.90. The zero-order valence-corrected chi connectivity index (χ0v) is 13.8. The van der Waals surface area contributed by atoms with Gasteiger partial charge in [0.15, 0.2) is 5.75 Å². The Balaban J connectivity index is 2.26. The molecule has 2 aromatic rings. The molecule has 21 heavy (non-hydrogen) atoms. The molecular formula is C14H10BrCl2NO3. The number of nitro groups is 1. The standard InChI is InChI=1S/C14H10BrCl2NO3/c15-7-9-4-5-12(18(19)20)13(6-9)21-8-10-2-1-3-11(16)14(10)17/h1-6H,7-8H2. The van der Waals surface area contributed by atoms with Gasteiger partial charge >= 0.3 is 5.69 Å². The lowest BCUT2D eigenvalue weighted by molar-refractivity contribution is -0.386. The van der Waals surface area contributed by atoms with Gasteiger partial charge in [-0.3, -0.25) is 10.1 Å². The number of hydrogen-bond acceptors (Lipinski definition) is 3. The molecule has 7 heteroatoms. The molecule has 0 aromatic heterocycles. The number of hydrogen-bond donors (Lipinski definition) is 0. The fraction of sp³-hybridized carbons (Fsp3) is 0.143. The first-order valence-corrected chi connectivity index (χ1v) is 7.79. The first kappa shape index (κ1) is 16.1. The molecule has 0 aliphatic rings. The van der Waals surface area contributed by atoms with E-state index in [9.17, 15) is 10.1 Å². The molecule has 0 saturated carbocycles. The summed E-state index contributed by atoms with van der Waals surface area (Å²) in [5.41, 5.74) is 1.47. The van der Waals surface area contributed by atoms with E-state index in [1.807, 2.05) is 0 Å². The van der Waals surface area contributed by atoms with Crippen LogP contribution in [0, 0.1) is 10.1 Å². The van der Waals surface area contributed by atoms with Crippen LogP contribution < -0.4 is 4.74 Å². The maximum absolute atomic E-state index is 11.0. The molecule has 0 saturated heterocycles. The number of nitrogens with zero attached hydrogens (tertiary/aromatic N) is 1. The lowest BCUT2D eigenvalue weighted by Gasteiger charge is -2.10. The van der Waals surface area contributed by atoms with Crippen LogP contribution in [-0.2, 0) is 11.9 Å². The van der Waals surface area contributed by atoms with Crippen LogP contribution in [0.2, 0.25) is 10.0 Å². The molecule has 0 aliphatic heterocycles. The van der Waals surface area contributed by atoms with Gasteiger partial charge in [-0.2, -0.15) is 0 Å². The Morgan fingerprint density at radius 3 is 2.67 bits per heavy atom. The summed E-state index contributed by atoms with van der Waals surface area (Å²) in [5, 5.41) is 12.4. The monoisotopic (exact) mass is 389 g/mol. The van der Waals surface area contributed by atoms with E-state index in [4.69, 9.17) is 27.9 Å². The van der Waals surface area contributed by atoms with Crippen LogP contribution in [0.5, 0.6) is 5.75 Å². The minimum atomic E-state index is -0.479. The zero-order chi connectivity index (χ0) is 15.4. The van der Waals surface area contributed by atoms with Crippen LogP contribution in [0.4, 0.5) is 5.69 Å². The SMILES string of the molecule is O=[N+]([O-])c1ccc(CBr)cc1OCc1cccc(Cl)c1Cl. The van der Waals surface area contributed by atoms with Crippen molar-refractivity contribution in [3.63, 3.8) is 0 Å². The highest BCUT2D eigenvalue weighted by Gasteiger charge is 2.16. The minimum Gasteiger partial charge on any atom is -0.482 e. The van der Waals surface area contributed by atoms with Gasteiger partial charge in [0.2, 0.25) is 0 Å². The van der Waals surface area contributed by atoms with E-state index >= 15 is 0 Å². The first-order valence-electron chi connectivity index (χ1n) is 5.92. The molecule has 0 atom stereocenters. The summed E-state index contributed by atoms with van der Waals surface area (Å²) >= 11 is 15.3. The smallest absolute Gasteiger partial charge is 0.310 e. The summed E-state index contributed by atoms with van der Waals surface area (Å²) in [5.74, 6) is 0.202. The Morgan fingerprint density at radius 1 is 1.24 bits per heavy atom. The van der Waals surface area contributed by atoms with Crippen molar-refractivity contribution in [2.24, 2.45) is 0 Å². The van der Waals surface area contributed by atoms with Gasteiger partial charge in [0, 0.05) is 17.0 Å². The minimum absolute atomic E-state index is 0.0853. The Morgan fingerprint density at radius 2 is 2.00 bits per heavy atom. The van der Waals surface area contributed by atoms with Crippen molar-refractivity contribution in [3.8, 4) is 5.75 Å². The second-order valence-electron chi connectivity index (χ2n) is 4.19. The zero-order valence-electron chi connectivity index (χ0n) is 10.7. The van der Waals surface area contributed by atoms with Gasteiger partial charge in [0.1, 0.15) is 6.61 Å². The number of halogens is 3. The van der Waals surface area contributed by atoms with Gasteiger partial charge < -0.3 is 4.74 Å². The number of nitro benzene ring substituents is 1.